The molecule has 1 rings (SSSR count). The normalized spacial score (nSPS) is 11.4. The molecule has 0 aliphatic heterocycles. The average Bonchev–Trinajstić information content (AvgIpc) is 2.45. The molecule has 1 atom stereocenters. The highest BCUT2D eigenvalue weighted by molar-refractivity contribution is 7.98. The molecular formula is C16H22N2OS. The largest absolute Gasteiger partial charge is 0.338 e. The van der Waals surface area contributed by atoms with Gasteiger partial charge in [-0.25, -0.2) is 0 Å². The van der Waals surface area contributed by atoms with Gasteiger partial charge in [0.2, 0.25) is 0 Å². The molecule has 1 unspecified atom stereocenters. The van der Waals surface area contributed by atoms with E-state index in [0.717, 1.165) is 16.9 Å². The Balaban J connectivity index is 2.99. The molecule has 1 aromatic rings. The highest BCUT2D eigenvalue weighted by atomic mass is 32.2. The molecule has 0 aliphatic carbocycles. The fourth-order valence-corrected chi connectivity index (χ4v) is 2.50. The lowest BCUT2D eigenvalue weighted by Gasteiger charge is -2.24. The zero-order valence-corrected chi connectivity index (χ0v) is 13.4. The Bertz CT molecular complexity index is 531. The maximum Gasteiger partial charge on any atom is 0.253 e. The van der Waals surface area contributed by atoms with E-state index in [0.29, 0.717) is 12.1 Å². The highest BCUT2D eigenvalue weighted by Crippen LogP contribution is 2.14. The van der Waals surface area contributed by atoms with Crippen molar-refractivity contribution >= 4 is 17.7 Å². The average molecular weight is 290 g/mol. The van der Waals surface area contributed by atoms with Crippen LogP contribution in [0, 0.1) is 18.8 Å². The quantitative estimate of drug-likeness (QED) is 0.864. The number of hydrogen-bond acceptors (Lipinski definition) is 3. The van der Waals surface area contributed by atoms with Crippen molar-refractivity contribution in [1.82, 2.24) is 4.90 Å². The van der Waals surface area contributed by atoms with Crippen LogP contribution in [-0.4, -0.2) is 42.4 Å². The number of amides is 1. The van der Waals surface area contributed by atoms with Crippen LogP contribution >= 0.6 is 11.8 Å². The second kappa shape index (κ2) is 7.98. The molecule has 0 saturated carbocycles. The van der Waals surface area contributed by atoms with Gasteiger partial charge in [0.15, 0.2) is 0 Å². The third kappa shape index (κ3) is 4.29. The Morgan fingerprint density at radius 2 is 2.20 bits per heavy atom. The van der Waals surface area contributed by atoms with Crippen molar-refractivity contribution in [2.45, 2.75) is 19.9 Å². The monoisotopic (exact) mass is 290 g/mol. The van der Waals surface area contributed by atoms with Crippen LogP contribution in [0.3, 0.4) is 0 Å². The van der Waals surface area contributed by atoms with Crippen LogP contribution in [0.15, 0.2) is 18.2 Å². The van der Waals surface area contributed by atoms with E-state index in [1.807, 2.05) is 38.4 Å². The van der Waals surface area contributed by atoms with Crippen LogP contribution in [0.4, 0.5) is 0 Å². The number of thioether (sulfide) groups is 1. The summed E-state index contributed by atoms with van der Waals surface area (Å²) in [5.74, 6) is 6.80. The number of hydrogen-bond donors (Lipinski definition) is 1. The molecule has 20 heavy (non-hydrogen) atoms. The van der Waals surface area contributed by atoms with E-state index in [4.69, 9.17) is 5.73 Å². The second-order valence-corrected chi connectivity index (χ2v) is 5.67. The van der Waals surface area contributed by atoms with E-state index in [1.165, 1.54) is 0 Å². The predicted molar refractivity (Wildman–Crippen MR) is 87.0 cm³/mol. The number of nitrogens with two attached hydrogens (primary N) is 1. The lowest BCUT2D eigenvalue weighted by atomic mass is 10.0. The van der Waals surface area contributed by atoms with Gasteiger partial charge in [-0.1, -0.05) is 17.9 Å². The zero-order valence-electron chi connectivity index (χ0n) is 12.6. The van der Waals surface area contributed by atoms with E-state index in [-0.39, 0.29) is 11.9 Å². The van der Waals surface area contributed by atoms with E-state index in [2.05, 4.69) is 18.8 Å². The third-order valence-corrected chi connectivity index (χ3v) is 4.01. The molecule has 2 N–H and O–H groups in total. The van der Waals surface area contributed by atoms with Crippen molar-refractivity contribution < 1.29 is 4.79 Å². The van der Waals surface area contributed by atoms with Gasteiger partial charge in [0.25, 0.3) is 5.91 Å². The van der Waals surface area contributed by atoms with Crippen LogP contribution in [0.1, 0.15) is 28.4 Å². The summed E-state index contributed by atoms with van der Waals surface area (Å²) in [7, 11) is 1.84. The zero-order chi connectivity index (χ0) is 15.1. The lowest BCUT2D eigenvalue weighted by molar-refractivity contribution is 0.0757. The summed E-state index contributed by atoms with van der Waals surface area (Å²) in [6.07, 6.45) is 2.04. The van der Waals surface area contributed by atoms with Crippen molar-refractivity contribution in [3.8, 4) is 11.8 Å². The number of carbonyl (C=O) groups excluding carboxylic acids is 1. The van der Waals surface area contributed by atoms with Gasteiger partial charge in [-0.2, -0.15) is 11.8 Å². The first-order chi connectivity index (χ1) is 9.51. The fraction of sp³-hybridized carbons (Fsp3) is 0.438. The minimum Gasteiger partial charge on any atom is -0.338 e. The maximum atomic E-state index is 12.4. The first-order valence-electron chi connectivity index (χ1n) is 6.57. The summed E-state index contributed by atoms with van der Waals surface area (Å²) in [6, 6.07) is 5.84. The van der Waals surface area contributed by atoms with Gasteiger partial charge in [-0.15, -0.1) is 0 Å². The van der Waals surface area contributed by atoms with E-state index >= 15 is 0 Å². The summed E-state index contributed by atoms with van der Waals surface area (Å²) in [5.41, 5.74) is 7.99. The molecule has 0 heterocycles. The lowest BCUT2D eigenvalue weighted by Crippen LogP contribution is -2.36. The van der Waals surface area contributed by atoms with E-state index in [9.17, 15) is 4.79 Å². The first kappa shape index (κ1) is 16.6. The van der Waals surface area contributed by atoms with Gasteiger partial charge in [0, 0.05) is 30.0 Å². The molecule has 1 aromatic carbocycles. The molecule has 108 valence electrons. The van der Waals surface area contributed by atoms with Crippen molar-refractivity contribution in [2.24, 2.45) is 5.73 Å². The number of nitrogens with zero attached hydrogens (tertiary/aromatic N) is 1. The molecule has 0 spiro atoms. The molecule has 1 amide bonds. The Hall–Kier alpha value is -1.44. The van der Waals surface area contributed by atoms with Crippen molar-refractivity contribution in [1.29, 1.82) is 0 Å². The summed E-state index contributed by atoms with van der Waals surface area (Å²) in [6.45, 7) is 4.36. The number of carbonyl (C=O) groups is 1. The molecule has 3 nitrogen and oxygen atoms in total. The first-order valence-corrected chi connectivity index (χ1v) is 7.96. The third-order valence-electron chi connectivity index (χ3n) is 3.20. The predicted octanol–water partition coefficient (Wildman–Crippen LogP) is 2.13. The maximum absolute atomic E-state index is 12.4. The molecule has 0 fully saturated rings. The van der Waals surface area contributed by atoms with Crippen LogP contribution in [0.2, 0.25) is 0 Å². The summed E-state index contributed by atoms with van der Waals surface area (Å²) >= 11 is 1.74. The van der Waals surface area contributed by atoms with Gasteiger partial charge in [-0.3, -0.25) is 4.79 Å². The smallest absolute Gasteiger partial charge is 0.253 e. The van der Waals surface area contributed by atoms with E-state index in [1.54, 1.807) is 16.7 Å². The Kier molecular flexibility index (Phi) is 6.63. The topological polar surface area (TPSA) is 46.3 Å². The van der Waals surface area contributed by atoms with Gasteiger partial charge in [0.05, 0.1) is 6.54 Å². The number of benzene rings is 1. The second-order valence-electron chi connectivity index (χ2n) is 4.76. The Labute approximate surface area is 125 Å². The van der Waals surface area contributed by atoms with Gasteiger partial charge in [0.1, 0.15) is 0 Å². The van der Waals surface area contributed by atoms with Crippen LogP contribution < -0.4 is 5.73 Å². The summed E-state index contributed by atoms with van der Waals surface area (Å²) in [5, 5.41) is 0. The van der Waals surface area contributed by atoms with Crippen molar-refractivity contribution in [2.75, 3.05) is 25.6 Å². The minimum atomic E-state index is 0.0300. The molecule has 0 aromatic heterocycles. The molecule has 0 radical (unpaired) electrons. The van der Waals surface area contributed by atoms with Crippen LogP contribution in [0.5, 0.6) is 0 Å². The fourth-order valence-electron chi connectivity index (χ4n) is 1.79. The molecular weight excluding hydrogens is 268 g/mol. The SMILES string of the molecule is CSCC(C)N(C)C(=O)c1ccc(C)c(C#CCN)c1. The van der Waals surface area contributed by atoms with Crippen LogP contribution in [0.25, 0.3) is 0 Å². The van der Waals surface area contributed by atoms with Crippen molar-refractivity contribution in [3.05, 3.63) is 34.9 Å². The summed E-state index contributed by atoms with van der Waals surface area (Å²) in [4.78, 5) is 14.2. The Morgan fingerprint density at radius 1 is 1.50 bits per heavy atom. The standard InChI is InChI=1S/C16H22N2OS/c1-12-7-8-15(10-14(12)6-5-9-17)16(19)18(3)13(2)11-20-4/h7-8,10,13H,9,11,17H2,1-4H3. The van der Waals surface area contributed by atoms with Crippen molar-refractivity contribution in [3.63, 3.8) is 0 Å². The number of rotatable bonds is 4. The molecule has 0 saturated heterocycles. The summed E-state index contributed by atoms with van der Waals surface area (Å²) < 4.78 is 0. The molecule has 0 bridgehead atoms. The van der Waals surface area contributed by atoms with Gasteiger partial charge >= 0.3 is 0 Å². The molecule has 4 heteroatoms. The van der Waals surface area contributed by atoms with Crippen LogP contribution in [-0.2, 0) is 0 Å². The van der Waals surface area contributed by atoms with E-state index < -0.39 is 0 Å². The number of aryl methyl sites for hydroxylation is 1. The Morgan fingerprint density at radius 3 is 2.80 bits per heavy atom. The van der Waals surface area contributed by atoms with Gasteiger partial charge in [-0.05, 0) is 37.8 Å². The molecule has 0 aliphatic rings. The highest BCUT2D eigenvalue weighted by Gasteiger charge is 2.17. The minimum absolute atomic E-state index is 0.0300. The van der Waals surface area contributed by atoms with Gasteiger partial charge < -0.3 is 10.6 Å².